The van der Waals surface area contributed by atoms with Crippen molar-refractivity contribution in [1.82, 2.24) is 4.90 Å². The Morgan fingerprint density at radius 3 is 2.45 bits per heavy atom. The minimum absolute atomic E-state index is 0.138. The number of fused-ring (bicyclic) bond motifs is 1. The molecule has 2 heterocycles. The molecule has 0 saturated carbocycles. The highest BCUT2D eigenvalue weighted by molar-refractivity contribution is 5.97. The Labute approximate surface area is 133 Å². The Morgan fingerprint density at radius 2 is 1.82 bits per heavy atom. The van der Waals surface area contributed by atoms with Crippen molar-refractivity contribution in [3.05, 3.63) is 24.3 Å². The fourth-order valence-electron chi connectivity index (χ4n) is 3.88. The zero-order chi connectivity index (χ0) is 15.7. The topological polar surface area (TPSA) is 26.8 Å². The van der Waals surface area contributed by atoms with Crippen LogP contribution in [0.15, 0.2) is 24.3 Å². The summed E-state index contributed by atoms with van der Waals surface area (Å²) >= 11 is 0. The van der Waals surface area contributed by atoms with E-state index in [2.05, 4.69) is 42.0 Å². The third-order valence-electron chi connectivity index (χ3n) is 5.06. The normalized spacial score (nSPS) is 23.5. The van der Waals surface area contributed by atoms with Gasteiger partial charge in [0.1, 0.15) is 0 Å². The molecule has 1 atom stereocenters. The second-order valence-electron chi connectivity index (χ2n) is 6.88. The third-order valence-corrected chi connectivity index (χ3v) is 5.06. The average molecular weight is 301 g/mol. The van der Waals surface area contributed by atoms with Crippen molar-refractivity contribution in [3.8, 4) is 0 Å². The van der Waals surface area contributed by atoms with Gasteiger partial charge in [-0.3, -0.25) is 4.79 Å². The number of hydrogen-bond acceptors (Lipinski definition) is 3. The van der Waals surface area contributed by atoms with Crippen LogP contribution in [0.25, 0.3) is 0 Å². The van der Waals surface area contributed by atoms with E-state index in [-0.39, 0.29) is 11.9 Å². The first-order chi connectivity index (χ1) is 10.6. The molecule has 0 bridgehead atoms. The molecule has 3 rings (SSSR count). The van der Waals surface area contributed by atoms with E-state index in [0.29, 0.717) is 0 Å². The molecule has 0 spiro atoms. The third kappa shape index (κ3) is 2.98. The molecule has 2 aliphatic rings. The Kier molecular flexibility index (Phi) is 4.39. The van der Waals surface area contributed by atoms with Gasteiger partial charge in [-0.2, -0.15) is 0 Å². The molecule has 2 aliphatic heterocycles. The van der Waals surface area contributed by atoms with Crippen molar-refractivity contribution in [2.75, 3.05) is 43.0 Å². The summed E-state index contributed by atoms with van der Waals surface area (Å²) in [5, 5.41) is 0. The number of amides is 1. The van der Waals surface area contributed by atoms with E-state index < -0.39 is 0 Å². The quantitative estimate of drug-likeness (QED) is 0.840. The molecular formula is C18H27N3O. The first-order valence-electron chi connectivity index (χ1n) is 8.38. The van der Waals surface area contributed by atoms with E-state index in [0.717, 1.165) is 24.7 Å². The van der Waals surface area contributed by atoms with Crippen LogP contribution in [0.1, 0.15) is 26.7 Å². The first-order valence-corrected chi connectivity index (χ1v) is 8.38. The molecule has 0 radical (unpaired) electrons. The molecule has 4 nitrogen and oxygen atoms in total. The molecule has 0 aliphatic carbocycles. The molecule has 0 N–H and O–H groups in total. The van der Waals surface area contributed by atoms with Gasteiger partial charge in [-0.1, -0.05) is 12.1 Å². The molecule has 1 amide bonds. The van der Waals surface area contributed by atoms with Gasteiger partial charge in [0, 0.05) is 20.0 Å². The van der Waals surface area contributed by atoms with Crippen LogP contribution >= 0.6 is 0 Å². The lowest BCUT2D eigenvalue weighted by atomic mass is 9.95. The molecule has 22 heavy (non-hydrogen) atoms. The zero-order valence-corrected chi connectivity index (χ0v) is 14.0. The number of hydrogen-bond donors (Lipinski definition) is 0. The maximum absolute atomic E-state index is 12.0. The second-order valence-corrected chi connectivity index (χ2v) is 6.88. The van der Waals surface area contributed by atoms with Crippen LogP contribution < -0.4 is 9.80 Å². The highest BCUT2D eigenvalue weighted by atomic mass is 16.2. The Bertz CT molecular complexity index is 537. The SMILES string of the molecule is CC(=O)N1c2ccccc2N(CC2CCN(C)CC2)C[C@@H]1C. The summed E-state index contributed by atoms with van der Waals surface area (Å²) in [5.41, 5.74) is 2.29. The van der Waals surface area contributed by atoms with Gasteiger partial charge in [-0.25, -0.2) is 0 Å². The van der Waals surface area contributed by atoms with Crippen LogP contribution in [-0.2, 0) is 4.79 Å². The van der Waals surface area contributed by atoms with Crippen molar-refractivity contribution >= 4 is 17.3 Å². The number of benzene rings is 1. The maximum atomic E-state index is 12.0. The highest BCUT2D eigenvalue weighted by Gasteiger charge is 2.31. The summed E-state index contributed by atoms with van der Waals surface area (Å²) < 4.78 is 0. The molecule has 1 fully saturated rings. The van der Waals surface area contributed by atoms with Crippen LogP contribution in [0, 0.1) is 5.92 Å². The summed E-state index contributed by atoms with van der Waals surface area (Å²) in [6, 6.07) is 8.58. The van der Waals surface area contributed by atoms with Crippen molar-refractivity contribution in [1.29, 1.82) is 0 Å². The summed E-state index contributed by atoms with van der Waals surface area (Å²) in [5.74, 6) is 0.902. The molecule has 4 heteroatoms. The lowest BCUT2D eigenvalue weighted by molar-refractivity contribution is -0.117. The lowest BCUT2D eigenvalue weighted by Crippen LogP contribution is -2.51. The Morgan fingerprint density at radius 1 is 1.18 bits per heavy atom. The van der Waals surface area contributed by atoms with Gasteiger partial charge in [0.2, 0.25) is 5.91 Å². The number of carbonyl (C=O) groups is 1. The molecule has 120 valence electrons. The zero-order valence-electron chi connectivity index (χ0n) is 14.0. The number of piperidine rings is 1. The molecule has 1 saturated heterocycles. The fraction of sp³-hybridized carbons (Fsp3) is 0.611. The monoisotopic (exact) mass is 301 g/mol. The Balaban J connectivity index is 1.80. The van der Waals surface area contributed by atoms with E-state index in [1.54, 1.807) is 6.92 Å². The number of para-hydroxylation sites is 2. The molecule has 0 aromatic heterocycles. The maximum Gasteiger partial charge on any atom is 0.224 e. The van der Waals surface area contributed by atoms with Crippen LogP contribution in [0.4, 0.5) is 11.4 Å². The molecule has 0 unspecified atom stereocenters. The van der Waals surface area contributed by atoms with E-state index in [1.165, 1.54) is 31.6 Å². The summed E-state index contributed by atoms with van der Waals surface area (Å²) in [6.45, 7) is 8.27. The van der Waals surface area contributed by atoms with Crippen LogP contribution in [0.5, 0.6) is 0 Å². The van der Waals surface area contributed by atoms with E-state index in [9.17, 15) is 4.79 Å². The largest absolute Gasteiger partial charge is 0.368 e. The van der Waals surface area contributed by atoms with Gasteiger partial charge < -0.3 is 14.7 Å². The van der Waals surface area contributed by atoms with E-state index in [1.807, 2.05) is 11.0 Å². The predicted molar refractivity (Wildman–Crippen MR) is 91.5 cm³/mol. The van der Waals surface area contributed by atoms with Crippen molar-refractivity contribution in [2.24, 2.45) is 5.92 Å². The minimum atomic E-state index is 0.138. The number of nitrogens with zero attached hydrogens (tertiary/aromatic N) is 3. The first kappa shape index (κ1) is 15.3. The summed E-state index contributed by atoms with van der Waals surface area (Å²) in [6.07, 6.45) is 2.56. The number of anilines is 2. The van der Waals surface area contributed by atoms with Crippen molar-refractivity contribution < 1.29 is 4.79 Å². The average Bonchev–Trinajstić information content (AvgIpc) is 2.49. The van der Waals surface area contributed by atoms with Gasteiger partial charge >= 0.3 is 0 Å². The van der Waals surface area contributed by atoms with Crippen LogP contribution in [0.3, 0.4) is 0 Å². The summed E-state index contributed by atoms with van der Waals surface area (Å²) in [7, 11) is 2.21. The number of rotatable bonds is 2. The lowest BCUT2D eigenvalue weighted by Gasteiger charge is -2.43. The predicted octanol–water partition coefficient (Wildman–Crippen LogP) is 2.59. The number of carbonyl (C=O) groups excluding carboxylic acids is 1. The molecule has 1 aromatic carbocycles. The second kappa shape index (κ2) is 6.29. The van der Waals surface area contributed by atoms with Gasteiger partial charge in [-0.05, 0) is 58.0 Å². The van der Waals surface area contributed by atoms with Gasteiger partial charge in [0.15, 0.2) is 0 Å². The standard InChI is InChI=1S/C18H27N3O/c1-14-12-20(13-16-8-10-19(3)11-9-16)17-6-4-5-7-18(17)21(14)15(2)22/h4-7,14,16H,8-13H2,1-3H3/t14-/m0/s1. The Hall–Kier alpha value is -1.55. The van der Waals surface area contributed by atoms with Gasteiger partial charge in [0.25, 0.3) is 0 Å². The number of likely N-dealkylation sites (tertiary alicyclic amines) is 1. The molecular weight excluding hydrogens is 274 g/mol. The van der Waals surface area contributed by atoms with Crippen LogP contribution in [-0.4, -0.2) is 50.1 Å². The van der Waals surface area contributed by atoms with Crippen molar-refractivity contribution in [3.63, 3.8) is 0 Å². The van der Waals surface area contributed by atoms with Crippen LogP contribution in [0.2, 0.25) is 0 Å². The van der Waals surface area contributed by atoms with Gasteiger partial charge in [0.05, 0.1) is 17.4 Å². The van der Waals surface area contributed by atoms with E-state index >= 15 is 0 Å². The van der Waals surface area contributed by atoms with E-state index in [4.69, 9.17) is 0 Å². The van der Waals surface area contributed by atoms with Gasteiger partial charge in [-0.15, -0.1) is 0 Å². The fourth-order valence-corrected chi connectivity index (χ4v) is 3.88. The molecule has 1 aromatic rings. The summed E-state index contributed by atoms with van der Waals surface area (Å²) in [4.78, 5) is 18.9. The van der Waals surface area contributed by atoms with Crippen molar-refractivity contribution in [2.45, 2.75) is 32.7 Å². The highest BCUT2D eigenvalue weighted by Crippen LogP contribution is 2.36. The minimum Gasteiger partial charge on any atom is -0.368 e. The smallest absolute Gasteiger partial charge is 0.224 e.